The first kappa shape index (κ1) is 16.3. The zero-order valence-electron chi connectivity index (χ0n) is 11.8. The lowest BCUT2D eigenvalue weighted by Crippen LogP contribution is -2.19. The fourth-order valence-electron chi connectivity index (χ4n) is 1.96. The first-order valence-corrected chi connectivity index (χ1v) is 8.06. The maximum Gasteiger partial charge on any atom is 0.270 e. The second-order valence-electron chi connectivity index (χ2n) is 4.57. The number of nitrogens with zero attached hydrogens (tertiary/aromatic N) is 1. The fraction of sp³-hybridized carbons (Fsp3) is 0.143. The largest absolute Gasteiger partial charge is 0.325 e. The van der Waals surface area contributed by atoms with E-state index >= 15 is 0 Å². The molecule has 0 atom stereocenters. The quantitative estimate of drug-likeness (QED) is 0.867. The highest BCUT2D eigenvalue weighted by atomic mass is 35.5. The van der Waals surface area contributed by atoms with Crippen LogP contribution in [-0.2, 0) is 14.8 Å². The molecule has 0 fully saturated rings. The highest BCUT2D eigenvalue weighted by Crippen LogP contribution is 2.28. The number of halogens is 1. The van der Waals surface area contributed by atoms with Crippen LogP contribution in [0.15, 0.2) is 41.4 Å². The third-order valence-corrected chi connectivity index (χ3v) is 4.83. The average Bonchev–Trinajstić information content (AvgIpc) is 2.90. The van der Waals surface area contributed by atoms with Gasteiger partial charge in [-0.3, -0.25) is 9.59 Å². The number of anilines is 1. The van der Waals surface area contributed by atoms with Gasteiger partial charge in [0.2, 0.25) is 5.91 Å². The monoisotopic (exact) mass is 340 g/mol. The van der Waals surface area contributed by atoms with Crippen molar-refractivity contribution in [3.05, 3.63) is 47.2 Å². The molecule has 1 aromatic heterocycles. The molecule has 0 bridgehead atoms. The third-order valence-electron chi connectivity index (χ3n) is 2.86. The Hall–Kier alpha value is -2.12. The molecule has 0 aliphatic carbocycles. The summed E-state index contributed by atoms with van der Waals surface area (Å²) in [7, 11) is -4.07. The van der Waals surface area contributed by atoms with E-state index in [0.29, 0.717) is 0 Å². The minimum absolute atomic E-state index is 0.0220. The summed E-state index contributed by atoms with van der Waals surface area (Å²) in [5, 5.41) is 2.64. The van der Waals surface area contributed by atoms with Crippen molar-refractivity contribution in [2.45, 2.75) is 18.7 Å². The van der Waals surface area contributed by atoms with Gasteiger partial charge in [-0.05, 0) is 30.3 Å². The topological polar surface area (TPSA) is 85.2 Å². The minimum Gasteiger partial charge on any atom is -0.325 e. The van der Waals surface area contributed by atoms with Gasteiger partial charge in [-0.2, -0.15) is 0 Å². The molecule has 22 heavy (non-hydrogen) atoms. The van der Waals surface area contributed by atoms with E-state index in [2.05, 4.69) is 5.32 Å². The number of ketones is 1. The molecule has 0 radical (unpaired) electrons. The van der Waals surface area contributed by atoms with Crippen LogP contribution in [0.2, 0.25) is 5.02 Å². The number of Topliss-reactive ketones (excluding diaryl/α,β-unsaturated/α-hetero) is 1. The average molecular weight is 341 g/mol. The molecule has 116 valence electrons. The van der Waals surface area contributed by atoms with Crippen LogP contribution < -0.4 is 5.32 Å². The van der Waals surface area contributed by atoms with E-state index in [1.807, 2.05) is 0 Å². The highest BCUT2D eigenvalue weighted by molar-refractivity contribution is 7.90. The Morgan fingerprint density at radius 2 is 1.86 bits per heavy atom. The lowest BCUT2D eigenvalue weighted by molar-refractivity contribution is -0.114. The van der Waals surface area contributed by atoms with Gasteiger partial charge < -0.3 is 5.32 Å². The smallest absolute Gasteiger partial charge is 0.270 e. The molecular weight excluding hydrogens is 328 g/mol. The van der Waals surface area contributed by atoms with E-state index in [0.717, 1.165) is 3.97 Å². The highest BCUT2D eigenvalue weighted by Gasteiger charge is 2.25. The third kappa shape index (κ3) is 3.05. The van der Waals surface area contributed by atoms with Crippen LogP contribution in [0.5, 0.6) is 0 Å². The van der Waals surface area contributed by atoms with Crippen molar-refractivity contribution >= 4 is 39.0 Å². The number of hydrogen-bond acceptors (Lipinski definition) is 4. The summed E-state index contributed by atoms with van der Waals surface area (Å²) in [5.41, 5.74) is 0.119. The van der Waals surface area contributed by atoms with Gasteiger partial charge in [-0.25, -0.2) is 12.4 Å². The van der Waals surface area contributed by atoms with Crippen LogP contribution >= 0.6 is 11.6 Å². The fourth-order valence-corrected chi connectivity index (χ4v) is 3.76. The number of rotatable bonds is 4. The first-order chi connectivity index (χ1) is 10.2. The molecule has 0 saturated carbocycles. The minimum atomic E-state index is -4.07. The molecule has 2 rings (SSSR count). The predicted molar refractivity (Wildman–Crippen MR) is 82.8 cm³/mol. The molecule has 0 unspecified atom stereocenters. The van der Waals surface area contributed by atoms with Crippen molar-refractivity contribution in [2.24, 2.45) is 0 Å². The van der Waals surface area contributed by atoms with Crippen molar-refractivity contribution in [2.75, 3.05) is 5.32 Å². The molecule has 0 saturated heterocycles. The normalized spacial score (nSPS) is 11.2. The Morgan fingerprint density at radius 3 is 2.45 bits per heavy atom. The molecule has 8 heteroatoms. The van der Waals surface area contributed by atoms with Crippen LogP contribution in [-0.4, -0.2) is 24.1 Å². The number of benzene rings is 1. The molecule has 6 nitrogen and oxygen atoms in total. The standard InChI is InChI=1S/C14H13ClN2O4S/c1-9(18)13-4-3-7-17(13)22(20,21)14-8-11(15)5-6-12(14)16-10(2)19/h3-8H,1-2H3,(H,16,19). The Kier molecular flexibility index (Phi) is 4.39. The molecule has 1 N–H and O–H groups in total. The number of nitrogens with one attached hydrogen (secondary N) is 1. The van der Waals surface area contributed by atoms with Crippen molar-refractivity contribution in [1.29, 1.82) is 0 Å². The van der Waals surface area contributed by atoms with E-state index in [-0.39, 0.29) is 21.3 Å². The van der Waals surface area contributed by atoms with Crippen LogP contribution in [0.1, 0.15) is 24.3 Å². The van der Waals surface area contributed by atoms with Gasteiger partial charge in [0.1, 0.15) is 4.90 Å². The SMILES string of the molecule is CC(=O)Nc1ccc(Cl)cc1S(=O)(=O)n1cccc1C(C)=O. The van der Waals surface area contributed by atoms with Crippen molar-refractivity contribution < 1.29 is 18.0 Å². The van der Waals surface area contributed by atoms with Crippen molar-refractivity contribution in [1.82, 2.24) is 3.97 Å². The van der Waals surface area contributed by atoms with Gasteiger partial charge in [0, 0.05) is 25.1 Å². The van der Waals surface area contributed by atoms with Crippen LogP contribution in [0, 0.1) is 0 Å². The summed E-state index contributed by atoms with van der Waals surface area (Å²) >= 11 is 5.87. The Balaban J connectivity index is 2.68. The van der Waals surface area contributed by atoms with Gasteiger partial charge in [-0.15, -0.1) is 0 Å². The van der Waals surface area contributed by atoms with Gasteiger partial charge in [0.25, 0.3) is 10.0 Å². The molecule has 2 aromatic rings. The lowest BCUT2D eigenvalue weighted by atomic mass is 10.3. The first-order valence-electron chi connectivity index (χ1n) is 6.24. The van der Waals surface area contributed by atoms with Crippen LogP contribution in [0.25, 0.3) is 0 Å². The second kappa shape index (κ2) is 5.94. The molecule has 1 amide bonds. The van der Waals surface area contributed by atoms with E-state index < -0.39 is 21.7 Å². The van der Waals surface area contributed by atoms with E-state index in [1.54, 1.807) is 0 Å². The maximum atomic E-state index is 12.8. The zero-order valence-corrected chi connectivity index (χ0v) is 13.4. The Morgan fingerprint density at radius 1 is 1.18 bits per heavy atom. The number of carbonyl (C=O) groups excluding carboxylic acids is 2. The molecule has 1 heterocycles. The Labute approximate surface area is 132 Å². The van der Waals surface area contributed by atoms with Crippen LogP contribution in [0.4, 0.5) is 5.69 Å². The van der Waals surface area contributed by atoms with Gasteiger partial charge in [0.15, 0.2) is 5.78 Å². The zero-order chi connectivity index (χ0) is 16.5. The number of aromatic nitrogens is 1. The predicted octanol–water partition coefficient (Wildman–Crippen LogP) is 2.54. The number of amides is 1. The summed E-state index contributed by atoms with van der Waals surface area (Å²) < 4.78 is 26.4. The van der Waals surface area contributed by atoms with Crippen LogP contribution in [0.3, 0.4) is 0 Å². The maximum absolute atomic E-state index is 12.8. The van der Waals surface area contributed by atoms with Gasteiger partial charge in [-0.1, -0.05) is 11.6 Å². The van der Waals surface area contributed by atoms with Crippen molar-refractivity contribution in [3.8, 4) is 0 Å². The summed E-state index contributed by atoms with van der Waals surface area (Å²) in [6.07, 6.45) is 1.27. The van der Waals surface area contributed by atoms with E-state index in [1.165, 1.54) is 50.4 Å². The molecule has 0 aliphatic rings. The molecule has 1 aromatic carbocycles. The molecule has 0 aliphatic heterocycles. The Bertz CT molecular complexity index is 855. The lowest BCUT2D eigenvalue weighted by Gasteiger charge is -2.13. The number of hydrogen-bond donors (Lipinski definition) is 1. The number of carbonyl (C=O) groups is 2. The summed E-state index contributed by atoms with van der Waals surface area (Å²) in [6, 6.07) is 6.95. The second-order valence-corrected chi connectivity index (χ2v) is 6.79. The summed E-state index contributed by atoms with van der Waals surface area (Å²) in [5.74, 6) is -0.810. The van der Waals surface area contributed by atoms with Gasteiger partial charge >= 0.3 is 0 Å². The van der Waals surface area contributed by atoms with E-state index in [9.17, 15) is 18.0 Å². The molecule has 0 spiro atoms. The summed E-state index contributed by atoms with van der Waals surface area (Å²) in [6.45, 7) is 2.54. The van der Waals surface area contributed by atoms with Crippen molar-refractivity contribution in [3.63, 3.8) is 0 Å². The molecular formula is C14H13ClN2O4S. The van der Waals surface area contributed by atoms with E-state index in [4.69, 9.17) is 11.6 Å². The summed E-state index contributed by atoms with van der Waals surface area (Å²) in [4.78, 5) is 22.6. The van der Waals surface area contributed by atoms with Gasteiger partial charge in [0.05, 0.1) is 11.4 Å².